The van der Waals surface area contributed by atoms with Crippen LogP contribution < -0.4 is 20.9 Å². The molecule has 19 heavy (non-hydrogen) atoms. The minimum Gasteiger partial charge on any atom is -0.497 e. The van der Waals surface area contributed by atoms with Crippen molar-refractivity contribution in [3.63, 3.8) is 0 Å². The van der Waals surface area contributed by atoms with E-state index in [1.165, 1.54) is 7.11 Å². The van der Waals surface area contributed by atoms with Crippen LogP contribution in [-0.4, -0.2) is 12.1 Å². The normalized spacial score (nSPS) is 9.68. The Kier molecular flexibility index (Phi) is 3.39. The monoisotopic (exact) mass is 256 g/mol. The number of ether oxygens (including phenoxy) is 2. The molecule has 0 aliphatic heterocycles. The molecule has 0 spiro atoms. The molecule has 0 radical (unpaired) electrons. The second-order valence-electron chi connectivity index (χ2n) is 3.74. The lowest BCUT2D eigenvalue weighted by Gasteiger charge is -2.08. The summed E-state index contributed by atoms with van der Waals surface area (Å²) < 4.78 is 10.6. The van der Waals surface area contributed by atoms with Crippen LogP contribution in [0.15, 0.2) is 30.3 Å². The standard InChI is InChI=1S/C13H12N4O2/c1-18-9-4-8(7-14)5-10(6-9)19-12-3-2-11(15)13(16)17-12/h2-6H,15H2,1H3,(H2,16,17). The van der Waals surface area contributed by atoms with Gasteiger partial charge in [-0.15, -0.1) is 0 Å². The van der Waals surface area contributed by atoms with Crippen molar-refractivity contribution in [2.75, 3.05) is 18.6 Å². The Balaban J connectivity index is 2.32. The summed E-state index contributed by atoms with van der Waals surface area (Å²) in [6.07, 6.45) is 0. The van der Waals surface area contributed by atoms with Gasteiger partial charge in [0.1, 0.15) is 11.5 Å². The Bertz CT molecular complexity index is 650. The highest BCUT2D eigenvalue weighted by atomic mass is 16.5. The molecule has 0 saturated heterocycles. The van der Waals surface area contributed by atoms with Crippen molar-refractivity contribution < 1.29 is 9.47 Å². The molecule has 1 aromatic carbocycles. The summed E-state index contributed by atoms with van der Waals surface area (Å²) in [6, 6.07) is 10.1. The maximum atomic E-state index is 8.92. The Morgan fingerprint density at radius 1 is 1.16 bits per heavy atom. The first kappa shape index (κ1) is 12.5. The number of rotatable bonds is 3. The number of nitrogens with two attached hydrogens (primary N) is 2. The van der Waals surface area contributed by atoms with Gasteiger partial charge in [0.2, 0.25) is 5.88 Å². The highest BCUT2D eigenvalue weighted by molar-refractivity contribution is 5.59. The Labute approximate surface area is 110 Å². The molecule has 4 N–H and O–H groups in total. The van der Waals surface area contributed by atoms with E-state index in [-0.39, 0.29) is 5.82 Å². The summed E-state index contributed by atoms with van der Waals surface area (Å²) >= 11 is 0. The van der Waals surface area contributed by atoms with Crippen molar-refractivity contribution in [2.45, 2.75) is 0 Å². The average Bonchev–Trinajstić information content (AvgIpc) is 2.42. The summed E-state index contributed by atoms with van der Waals surface area (Å²) in [5.41, 5.74) is 12.0. The maximum Gasteiger partial charge on any atom is 0.221 e. The largest absolute Gasteiger partial charge is 0.497 e. The van der Waals surface area contributed by atoms with Crippen molar-refractivity contribution in [2.24, 2.45) is 0 Å². The van der Waals surface area contributed by atoms with Crippen LogP contribution in [-0.2, 0) is 0 Å². The Morgan fingerprint density at radius 3 is 2.53 bits per heavy atom. The third-order valence-corrected chi connectivity index (χ3v) is 2.40. The Morgan fingerprint density at radius 2 is 1.89 bits per heavy atom. The molecule has 0 bridgehead atoms. The molecular formula is C13H12N4O2. The van der Waals surface area contributed by atoms with Gasteiger partial charge in [0.05, 0.1) is 24.4 Å². The molecule has 0 saturated carbocycles. The first-order valence-electron chi connectivity index (χ1n) is 5.41. The number of nitriles is 1. The first-order chi connectivity index (χ1) is 9.12. The summed E-state index contributed by atoms with van der Waals surface area (Å²) in [6.45, 7) is 0. The maximum absolute atomic E-state index is 8.92. The summed E-state index contributed by atoms with van der Waals surface area (Å²) in [5.74, 6) is 1.45. The molecule has 0 aliphatic carbocycles. The molecule has 2 rings (SSSR count). The molecule has 1 aromatic heterocycles. The van der Waals surface area contributed by atoms with Crippen LogP contribution in [0, 0.1) is 11.3 Å². The molecule has 6 heteroatoms. The summed E-state index contributed by atoms with van der Waals surface area (Å²) in [5, 5.41) is 8.92. The van der Waals surface area contributed by atoms with E-state index in [2.05, 4.69) is 4.98 Å². The van der Waals surface area contributed by atoms with Gasteiger partial charge in [-0.25, -0.2) is 0 Å². The molecule has 2 aromatic rings. The van der Waals surface area contributed by atoms with Gasteiger partial charge in [-0.1, -0.05) is 0 Å². The van der Waals surface area contributed by atoms with Gasteiger partial charge < -0.3 is 20.9 Å². The molecule has 6 nitrogen and oxygen atoms in total. The zero-order chi connectivity index (χ0) is 13.8. The topological polar surface area (TPSA) is 107 Å². The summed E-state index contributed by atoms with van der Waals surface area (Å²) in [7, 11) is 1.51. The lowest BCUT2D eigenvalue weighted by Crippen LogP contribution is -1.99. The number of nitrogen functional groups attached to an aromatic ring is 2. The van der Waals surface area contributed by atoms with E-state index in [1.54, 1.807) is 30.3 Å². The lowest BCUT2D eigenvalue weighted by atomic mass is 10.2. The zero-order valence-electron chi connectivity index (χ0n) is 10.3. The van der Waals surface area contributed by atoms with Crippen LogP contribution >= 0.6 is 0 Å². The van der Waals surface area contributed by atoms with Crippen LogP contribution in [0.4, 0.5) is 11.5 Å². The molecule has 0 amide bonds. The molecule has 0 unspecified atom stereocenters. The van der Waals surface area contributed by atoms with Crippen molar-refractivity contribution in [3.05, 3.63) is 35.9 Å². The van der Waals surface area contributed by atoms with Gasteiger partial charge in [-0.2, -0.15) is 10.2 Å². The third-order valence-electron chi connectivity index (χ3n) is 2.40. The smallest absolute Gasteiger partial charge is 0.221 e. The van der Waals surface area contributed by atoms with Crippen LogP contribution in [0.25, 0.3) is 0 Å². The van der Waals surface area contributed by atoms with E-state index in [4.69, 9.17) is 26.2 Å². The fourth-order valence-electron chi connectivity index (χ4n) is 1.46. The predicted molar refractivity (Wildman–Crippen MR) is 70.8 cm³/mol. The van der Waals surface area contributed by atoms with Crippen molar-refractivity contribution in [3.8, 4) is 23.4 Å². The number of benzene rings is 1. The van der Waals surface area contributed by atoms with Crippen LogP contribution in [0.2, 0.25) is 0 Å². The van der Waals surface area contributed by atoms with E-state index < -0.39 is 0 Å². The van der Waals surface area contributed by atoms with E-state index in [9.17, 15) is 0 Å². The number of hydrogen-bond donors (Lipinski definition) is 2. The molecule has 0 fully saturated rings. The van der Waals surface area contributed by atoms with Crippen LogP contribution in [0.3, 0.4) is 0 Å². The predicted octanol–water partition coefficient (Wildman–Crippen LogP) is 1.92. The lowest BCUT2D eigenvalue weighted by molar-refractivity contribution is 0.407. The molecule has 0 aliphatic rings. The van der Waals surface area contributed by atoms with E-state index in [1.807, 2.05) is 6.07 Å². The second-order valence-corrected chi connectivity index (χ2v) is 3.74. The summed E-state index contributed by atoms with van der Waals surface area (Å²) in [4.78, 5) is 3.99. The van der Waals surface area contributed by atoms with Crippen molar-refractivity contribution in [1.29, 1.82) is 5.26 Å². The number of pyridine rings is 1. The van der Waals surface area contributed by atoms with Gasteiger partial charge in [0.25, 0.3) is 0 Å². The quantitative estimate of drug-likeness (QED) is 0.868. The van der Waals surface area contributed by atoms with Gasteiger partial charge in [0.15, 0.2) is 5.82 Å². The van der Waals surface area contributed by atoms with E-state index >= 15 is 0 Å². The van der Waals surface area contributed by atoms with Crippen LogP contribution in [0.5, 0.6) is 17.4 Å². The number of anilines is 2. The average molecular weight is 256 g/mol. The highest BCUT2D eigenvalue weighted by Gasteiger charge is 2.05. The number of aromatic nitrogens is 1. The zero-order valence-corrected chi connectivity index (χ0v) is 10.3. The van der Waals surface area contributed by atoms with Crippen molar-refractivity contribution in [1.82, 2.24) is 4.98 Å². The molecule has 0 atom stereocenters. The third kappa shape index (κ3) is 2.84. The molecule has 96 valence electrons. The SMILES string of the molecule is COc1cc(C#N)cc(Oc2ccc(N)c(N)n2)c1. The van der Waals surface area contributed by atoms with E-state index in [0.717, 1.165) is 0 Å². The van der Waals surface area contributed by atoms with Gasteiger partial charge in [-0.3, -0.25) is 0 Å². The fraction of sp³-hybridized carbons (Fsp3) is 0.0769. The van der Waals surface area contributed by atoms with Crippen LogP contribution in [0.1, 0.15) is 5.56 Å². The van der Waals surface area contributed by atoms with E-state index in [0.29, 0.717) is 28.6 Å². The number of hydrogen-bond acceptors (Lipinski definition) is 6. The molecule has 1 heterocycles. The fourth-order valence-corrected chi connectivity index (χ4v) is 1.46. The number of nitrogens with zero attached hydrogens (tertiary/aromatic N) is 2. The second kappa shape index (κ2) is 5.14. The van der Waals surface area contributed by atoms with Gasteiger partial charge in [0, 0.05) is 12.1 Å². The Hall–Kier alpha value is -2.94. The van der Waals surface area contributed by atoms with Gasteiger partial charge >= 0.3 is 0 Å². The number of methoxy groups -OCH3 is 1. The molecular weight excluding hydrogens is 244 g/mol. The highest BCUT2D eigenvalue weighted by Crippen LogP contribution is 2.27. The van der Waals surface area contributed by atoms with Crippen molar-refractivity contribution >= 4 is 11.5 Å². The van der Waals surface area contributed by atoms with Gasteiger partial charge in [-0.05, 0) is 18.2 Å². The minimum atomic E-state index is 0.195. The minimum absolute atomic E-state index is 0.195. The first-order valence-corrected chi connectivity index (χ1v) is 5.41.